The molecule has 0 aliphatic carbocycles. The minimum Gasteiger partial charge on any atom is -0.309 e. The van der Waals surface area contributed by atoms with Crippen LogP contribution in [0.2, 0.25) is 0 Å². The zero-order valence-corrected chi connectivity index (χ0v) is 12.1. The third-order valence-corrected chi connectivity index (χ3v) is 3.65. The summed E-state index contributed by atoms with van der Waals surface area (Å²) in [5, 5.41) is 4.36. The highest BCUT2D eigenvalue weighted by Gasteiger charge is 2.14. The van der Waals surface area contributed by atoms with Gasteiger partial charge >= 0.3 is 0 Å². The van der Waals surface area contributed by atoms with E-state index in [1.807, 2.05) is 38.2 Å². The van der Waals surface area contributed by atoms with E-state index in [9.17, 15) is 4.39 Å². The lowest BCUT2D eigenvalue weighted by Gasteiger charge is -2.18. The Labute approximate surface area is 123 Å². The summed E-state index contributed by atoms with van der Waals surface area (Å²) in [5.41, 5.74) is 3.87. The summed E-state index contributed by atoms with van der Waals surface area (Å²) in [6.07, 6.45) is 1.78. The van der Waals surface area contributed by atoms with Crippen molar-refractivity contribution < 1.29 is 4.39 Å². The summed E-state index contributed by atoms with van der Waals surface area (Å²) in [6.45, 7) is 1.90. The standard InChI is InChI=1S/C18H17FN2/c1-12-8-15(10-16(19)9-12)18(20-2)14-6-5-13-4-3-7-21-17(13)11-14/h3-11,18,20H,1-2H3. The summed E-state index contributed by atoms with van der Waals surface area (Å²) in [7, 11) is 1.88. The second-order valence-electron chi connectivity index (χ2n) is 5.24. The van der Waals surface area contributed by atoms with Crippen molar-refractivity contribution >= 4 is 10.9 Å². The van der Waals surface area contributed by atoms with Gasteiger partial charge in [0.1, 0.15) is 5.82 Å². The number of benzene rings is 2. The Hall–Kier alpha value is -2.26. The van der Waals surface area contributed by atoms with Gasteiger partial charge in [0.25, 0.3) is 0 Å². The fourth-order valence-electron chi connectivity index (χ4n) is 2.72. The predicted octanol–water partition coefficient (Wildman–Crippen LogP) is 3.99. The van der Waals surface area contributed by atoms with E-state index < -0.39 is 0 Å². The molecule has 0 spiro atoms. The van der Waals surface area contributed by atoms with E-state index in [4.69, 9.17) is 0 Å². The summed E-state index contributed by atoms with van der Waals surface area (Å²) in [4.78, 5) is 4.39. The van der Waals surface area contributed by atoms with Gasteiger partial charge in [-0.2, -0.15) is 0 Å². The number of nitrogens with zero attached hydrogens (tertiary/aromatic N) is 1. The third kappa shape index (κ3) is 2.78. The van der Waals surface area contributed by atoms with Crippen LogP contribution in [0.4, 0.5) is 4.39 Å². The van der Waals surface area contributed by atoms with Crippen LogP contribution in [0.5, 0.6) is 0 Å². The van der Waals surface area contributed by atoms with Crippen molar-refractivity contribution in [2.24, 2.45) is 0 Å². The van der Waals surface area contributed by atoms with Crippen LogP contribution in [0.3, 0.4) is 0 Å². The summed E-state index contributed by atoms with van der Waals surface area (Å²) >= 11 is 0. The van der Waals surface area contributed by atoms with Gasteiger partial charge in [-0.1, -0.05) is 24.3 Å². The Balaban J connectivity index is 2.08. The van der Waals surface area contributed by atoms with Gasteiger partial charge < -0.3 is 5.32 Å². The van der Waals surface area contributed by atoms with E-state index in [0.29, 0.717) is 0 Å². The lowest BCUT2D eigenvalue weighted by Crippen LogP contribution is -2.18. The Morgan fingerprint density at radius 2 is 1.90 bits per heavy atom. The highest BCUT2D eigenvalue weighted by atomic mass is 19.1. The Bertz CT molecular complexity index is 763. The van der Waals surface area contributed by atoms with Gasteiger partial charge in [-0.25, -0.2) is 4.39 Å². The van der Waals surface area contributed by atoms with E-state index in [1.54, 1.807) is 12.3 Å². The molecule has 1 atom stereocenters. The average Bonchev–Trinajstić information content (AvgIpc) is 2.47. The first-order valence-electron chi connectivity index (χ1n) is 6.96. The maximum absolute atomic E-state index is 13.7. The lowest BCUT2D eigenvalue weighted by atomic mass is 9.96. The quantitative estimate of drug-likeness (QED) is 0.784. The van der Waals surface area contributed by atoms with Crippen LogP contribution in [0.25, 0.3) is 10.9 Å². The number of fused-ring (bicyclic) bond motifs is 1. The number of rotatable bonds is 3. The normalized spacial score (nSPS) is 12.5. The first kappa shape index (κ1) is 13.7. The van der Waals surface area contributed by atoms with E-state index in [1.165, 1.54) is 6.07 Å². The van der Waals surface area contributed by atoms with Crippen LogP contribution < -0.4 is 5.32 Å². The molecule has 1 aromatic heterocycles. The topological polar surface area (TPSA) is 24.9 Å². The first-order chi connectivity index (χ1) is 10.2. The van der Waals surface area contributed by atoms with Crippen LogP contribution in [0.15, 0.2) is 54.7 Å². The molecule has 0 fully saturated rings. The molecule has 0 aliphatic heterocycles. The predicted molar refractivity (Wildman–Crippen MR) is 83.8 cm³/mol. The second-order valence-corrected chi connectivity index (χ2v) is 5.24. The van der Waals surface area contributed by atoms with Crippen molar-refractivity contribution in [2.75, 3.05) is 7.05 Å². The molecular formula is C18H17FN2. The fraction of sp³-hybridized carbons (Fsp3) is 0.167. The van der Waals surface area contributed by atoms with Gasteiger partial charge in [-0.15, -0.1) is 0 Å². The zero-order valence-electron chi connectivity index (χ0n) is 12.1. The van der Waals surface area contributed by atoms with Gasteiger partial charge in [0.15, 0.2) is 0 Å². The Morgan fingerprint density at radius 3 is 2.67 bits per heavy atom. The molecule has 3 aromatic rings. The van der Waals surface area contributed by atoms with E-state index in [0.717, 1.165) is 27.6 Å². The number of aryl methyl sites for hydroxylation is 1. The minimum atomic E-state index is -0.204. The molecular weight excluding hydrogens is 263 g/mol. The van der Waals surface area contributed by atoms with Crippen LogP contribution in [-0.4, -0.2) is 12.0 Å². The van der Waals surface area contributed by atoms with E-state index >= 15 is 0 Å². The van der Waals surface area contributed by atoms with Crippen molar-refractivity contribution in [3.05, 3.63) is 77.2 Å². The maximum atomic E-state index is 13.7. The van der Waals surface area contributed by atoms with Crippen LogP contribution >= 0.6 is 0 Å². The molecule has 2 nitrogen and oxygen atoms in total. The second kappa shape index (κ2) is 5.62. The molecule has 0 saturated heterocycles. The van der Waals surface area contributed by atoms with E-state index in [-0.39, 0.29) is 11.9 Å². The smallest absolute Gasteiger partial charge is 0.123 e. The zero-order chi connectivity index (χ0) is 14.8. The summed E-state index contributed by atoms with van der Waals surface area (Å²) in [5.74, 6) is -0.204. The van der Waals surface area contributed by atoms with Crippen molar-refractivity contribution in [3.63, 3.8) is 0 Å². The number of halogens is 1. The summed E-state index contributed by atoms with van der Waals surface area (Å²) < 4.78 is 13.7. The van der Waals surface area contributed by atoms with Crippen molar-refractivity contribution in [1.82, 2.24) is 10.3 Å². The number of nitrogens with one attached hydrogen (secondary N) is 1. The van der Waals surface area contributed by atoms with Gasteiger partial charge in [-0.3, -0.25) is 4.98 Å². The van der Waals surface area contributed by atoms with E-state index in [2.05, 4.69) is 22.4 Å². The molecule has 1 heterocycles. The molecule has 1 unspecified atom stereocenters. The molecule has 2 aromatic carbocycles. The average molecular weight is 280 g/mol. The molecule has 106 valence electrons. The van der Waals surface area contributed by atoms with Crippen LogP contribution in [0, 0.1) is 12.7 Å². The van der Waals surface area contributed by atoms with Crippen LogP contribution in [-0.2, 0) is 0 Å². The largest absolute Gasteiger partial charge is 0.309 e. The lowest BCUT2D eigenvalue weighted by molar-refractivity contribution is 0.615. The maximum Gasteiger partial charge on any atom is 0.123 e. The van der Waals surface area contributed by atoms with Crippen molar-refractivity contribution in [3.8, 4) is 0 Å². The highest BCUT2D eigenvalue weighted by Crippen LogP contribution is 2.25. The summed E-state index contributed by atoms with van der Waals surface area (Å²) in [6, 6.07) is 15.2. The molecule has 1 N–H and O–H groups in total. The molecule has 0 bridgehead atoms. The molecule has 21 heavy (non-hydrogen) atoms. The Kier molecular flexibility index (Phi) is 3.67. The van der Waals surface area contributed by atoms with Gasteiger partial charge in [-0.05, 0) is 54.9 Å². The minimum absolute atomic E-state index is 0.0502. The number of hydrogen-bond acceptors (Lipinski definition) is 2. The van der Waals surface area contributed by atoms with Crippen LogP contribution in [0.1, 0.15) is 22.7 Å². The van der Waals surface area contributed by atoms with Gasteiger partial charge in [0, 0.05) is 11.6 Å². The van der Waals surface area contributed by atoms with Gasteiger partial charge in [0.2, 0.25) is 0 Å². The molecule has 0 saturated carbocycles. The molecule has 0 amide bonds. The molecule has 3 rings (SSSR count). The monoisotopic (exact) mass is 280 g/mol. The Morgan fingerprint density at radius 1 is 1.05 bits per heavy atom. The molecule has 0 radical (unpaired) electrons. The highest BCUT2D eigenvalue weighted by molar-refractivity contribution is 5.79. The SMILES string of the molecule is CNC(c1cc(C)cc(F)c1)c1ccc2cccnc2c1. The van der Waals surface area contributed by atoms with Gasteiger partial charge in [0.05, 0.1) is 11.6 Å². The third-order valence-electron chi connectivity index (χ3n) is 3.65. The fourth-order valence-corrected chi connectivity index (χ4v) is 2.72. The molecule has 3 heteroatoms. The van der Waals surface area contributed by atoms with Crippen molar-refractivity contribution in [1.29, 1.82) is 0 Å². The first-order valence-corrected chi connectivity index (χ1v) is 6.96. The number of aromatic nitrogens is 1. The number of hydrogen-bond donors (Lipinski definition) is 1. The number of pyridine rings is 1. The van der Waals surface area contributed by atoms with Crippen molar-refractivity contribution in [2.45, 2.75) is 13.0 Å². The molecule has 0 aliphatic rings.